The molecule has 3 nitrogen and oxygen atoms in total. The maximum atomic E-state index is 4.38. The molecule has 2 rings (SSSR count). The second kappa shape index (κ2) is 4.45. The van der Waals surface area contributed by atoms with Crippen LogP contribution in [0.5, 0.6) is 0 Å². The van der Waals surface area contributed by atoms with Gasteiger partial charge in [-0.1, -0.05) is 13.8 Å². The molecule has 1 fully saturated rings. The van der Waals surface area contributed by atoms with Crippen LogP contribution in [0.15, 0.2) is 4.99 Å². The molecule has 1 saturated heterocycles. The molecule has 0 aromatic rings. The van der Waals surface area contributed by atoms with E-state index in [0.29, 0.717) is 6.04 Å². The molecule has 2 heterocycles. The fourth-order valence-electron chi connectivity index (χ4n) is 1.65. The van der Waals surface area contributed by atoms with E-state index in [9.17, 15) is 0 Å². The summed E-state index contributed by atoms with van der Waals surface area (Å²) in [6.45, 7) is 9.27. The molecular formula is C9H19N3. The Balaban J connectivity index is 0.000000336. The zero-order valence-electron chi connectivity index (χ0n) is 8.30. The van der Waals surface area contributed by atoms with Crippen molar-refractivity contribution in [3.05, 3.63) is 0 Å². The monoisotopic (exact) mass is 169 g/mol. The van der Waals surface area contributed by atoms with E-state index in [0.717, 1.165) is 19.8 Å². The third-order valence-corrected chi connectivity index (χ3v) is 2.32. The van der Waals surface area contributed by atoms with Gasteiger partial charge in [-0.05, 0) is 19.9 Å². The zero-order valence-corrected chi connectivity index (χ0v) is 8.30. The highest BCUT2D eigenvalue weighted by Gasteiger charge is 2.26. The number of amidine groups is 1. The highest BCUT2D eigenvalue weighted by molar-refractivity contribution is 5.81. The molecule has 12 heavy (non-hydrogen) atoms. The van der Waals surface area contributed by atoms with Crippen LogP contribution in [-0.2, 0) is 0 Å². The summed E-state index contributed by atoms with van der Waals surface area (Å²) in [4.78, 5) is 6.73. The van der Waals surface area contributed by atoms with E-state index < -0.39 is 0 Å². The summed E-state index contributed by atoms with van der Waals surface area (Å²) in [6.07, 6.45) is 1.25. The first-order valence-corrected chi connectivity index (χ1v) is 4.86. The van der Waals surface area contributed by atoms with Gasteiger partial charge in [-0.25, -0.2) is 0 Å². The van der Waals surface area contributed by atoms with Gasteiger partial charge in [-0.2, -0.15) is 0 Å². The first kappa shape index (κ1) is 9.52. The van der Waals surface area contributed by atoms with Gasteiger partial charge in [0.25, 0.3) is 0 Å². The molecule has 1 N–H and O–H groups in total. The van der Waals surface area contributed by atoms with Gasteiger partial charge in [0.1, 0.15) is 0 Å². The molecule has 2 aliphatic heterocycles. The first-order chi connectivity index (χ1) is 5.88. The molecule has 3 heteroatoms. The Morgan fingerprint density at radius 1 is 1.50 bits per heavy atom. The van der Waals surface area contributed by atoms with Gasteiger partial charge >= 0.3 is 0 Å². The Bertz CT molecular complexity index is 165. The Labute approximate surface area is 74.9 Å². The van der Waals surface area contributed by atoms with Crippen LogP contribution in [0.3, 0.4) is 0 Å². The number of hydrogen-bond donors (Lipinski definition) is 1. The summed E-state index contributed by atoms with van der Waals surface area (Å²) in [5, 5.41) is 3.33. The average Bonchev–Trinajstić information content (AvgIpc) is 2.53. The van der Waals surface area contributed by atoms with Crippen LogP contribution in [0.4, 0.5) is 0 Å². The molecule has 0 bridgehead atoms. The summed E-state index contributed by atoms with van der Waals surface area (Å²) in [5.41, 5.74) is 0. The van der Waals surface area contributed by atoms with Crippen LogP contribution in [0.1, 0.15) is 27.2 Å². The van der Waals surface area contributed by atoms with Gasteiger partial charge in [0.2, 0.25) is 0 Å². The summed E-state index contributed by atoms with van der Waals surface area (Å²) in [6, 6.07) is 0.709. The lowest BCUT2D eigenvalue weighted by Crippen LogP contribution is -2.48. The van der Waals surface area contributed by atoms with Crippen molar-refractivity contribution < 1.29 is 0 Å². The molecule has 0 aromatic carbocycles. The summed E-state index contributed by atoms with van der Waals surface area (Å²) in [7, 11) is 0. The van der Waals surface area contributed by atoms with Crippen LogP contribution in [0, 0.1) is 0 Å². The lowest BCUT2D eigenvalue weighted by atomic mass is 10.1. The third-order valence-electron chi connectivity index (χ3n) is 2.32. The SMILES string of the molecule is CC.CC1=NCC2CCNCN12. The Morgan fingerprint density at radius 3 is 2.92 bits per heavy atom. The molecule has 2 aliphatic rings. The van der Waals surface area contributed by atoms with Crippen LogP contribution < -0.4 is 5.32 Å². The molecule has 0 saturated carbocycles. The highest BCUT2D eigenvalue weighted by atomic mass is 15.3. The van der Waals surface area contributed by atoms with Gasteiger partial charge in [0.05, 0.1) is 25.1 Å². The fraction of sp³-hybridized carbons (Fsp3) is 0.889. The maximum Gasteiger partial charge on any atom is 0.0971 e. The zero-order chi connectivity index (χ0) is 8.97. The fourth-order valence-corrected chi connectivity index (χ4v) is 1.65. The van der Waals surface area contributed by atoms with E-state index in [1.807, 2.05) is 13.8 Å². The number of aliphatic imine (C=N–C) groups is 1. The van der Waals surface area contributed by atoms with Crippen molar-refractivity contribution in [2.45, 2.75) is 33.2 Å². The van der Waals surface area contributed by atoms with Gasteiger partial charge in [-0.3, -0.25) is 10.3 Å². The lowest BCUT2D eigenvalue weighted by molar-refractivity contribution is 0.255. The van der Waals surface area contributed by atoms with Crippen molar-refractivity contribution in [3.63, 3.8) is 0 Å². The van der Waals surface area contributed by atoms with Crippen molar-refractivity contribution in [1.82, 2.24) is 10.2 Å². The predicted molar refractivity (Wildman–Crippen MR) is 52.4 cm³/mol. The van der Waals surface area contributed by atoms with Crippen molar-refractivity contribution in [1.29, 1.82) is 0 Å². The second-order valence-corrected chi connectivity index (χ2v) is 2.96. The molecule has 0 radical (unpaired) electrons. The quantitative estimate of drug-likeness (QED) is 0.587. The number of hydrogen-bond acceptors (Lipinski definition) is 3. The smallest absolute Gasteiger partial charge is 0.0971 e. The Hall–Kier alpha value is -0.570. The van der Waals surface area contributed by atoms with Gasteiger partial charge in [0.15, 0.2) is 0 Å². The molecule has 0 aliphatic carbocycles. The van der Waals surface area contributed by atoms with Gasteiger partial charge in [-0.15, -0.1) is 0 Å². The average molecular weight is 169 g/mol. The van der Waals surface area contributed by atoms with Crippen molar-refractivity contribution in [2.24, 2.45) is 4.99 Å². The van der Waals surface area contributed by atoms with E-state index in [1.165, 1.54) is 12.3 Å². The topological polar surface area (TPSA) is 27.6 Å². The molecule has 1 atom stereocenters. The number of fused-ring (bicyclic) bond motifs is 1. The van der Waals surface area contributed by atoms with Gasteiger partial charge < -0.3 is 4.90 Å². The summed E-state index contributed by atoms with van der Waals surface area (Å²) < 4.78 is 0. The van der Waals surface area contributed by atoms with Crippen LogP contribution in [-0.4, -0.2) is 36.5 Å². The molecule has 0 aromatic heterocycles. The molecule has 0 amide bonds. The summed E-state index contributed by atoms with van der Waals surface area (Å²) in [5.74, 6) is 1.21. The second-order valence-electron chi connectivity index (χ2n) is 2.96. The van der Waals surface area contributed by atoms with Crippen molar-refractivity contribution in [2.75, 3.05) is 19.8 Å². The standard InChI is InChI=1S/C7H13N3.C2H6/c1-6-9-4-7-2-3-8-5-10(6)7;1-2/h7-8H,2-5H2,1H3;1-2H3. The minimum atomic E-state index is 0.709. The van der Waals surface area contributed by atoms with Crippen LogP contribution in [0.25, 0.3) is 0 Å². The van der Waals surface area contributed by atoms with E-state index in [1.54, 1.807) is 0 Å². The maximum absolute atomic E-state index is 4.38. The number of nitrogens with one attached hydrogen (secondary N) is 1. The number of rotatable bonds is 0. The largest absolute Gasteiger partial charge is 0.343 e. The Morgan fingerprint density at radius 2 is 2.25 bits per heavy atom. The predicted octanol–water partition coefficient (Wildman–Crippen LogP) is 1.07. The van der Waals surface area contributed by atoms with Crippen LogP contribution in [0.2, 0.25) is 0 Å². The molecular weight excluding hydrogens is 150 g/mol. The minimum absolute atomic E-state index is 0.709. The number of nitrogens with zero attached hydrogens (tertiary/aromatic N) is 2. The molecule has 0 spiro atoms. The van der Waals surface area contributed by atoms with E-state index in [-0.39, 0.29) is 0 Å². The van der Waals surface area contributed by atoms with E-state index >= 15 is 0 Å². The normalized spacial score (nSPS) is 27.1. The summed E-state index contributed by atoms with van der Waals surface area (Å²) >= 11 is 0. The van der Waals surface area contributed by atoms with Gasteiger partial charge in [0, 0.05) is 0 Å². The van der Waals surface area contributed by atoms with Crippen molar-refractivity contribution in [3.8, 4) is 0 Å². The van der Waals surface area contributed by atoms with E-state index in [4.69, 9.17) is 0 Å². The van der Waals surface area contributed by atoms with Crippen molar-refractivity contribution >= 4 is 5.84 Å². The lowest BCUT2D eigenvalue weighted by Gasteiger charge is -2.31. The van der Waals surface area contributed by atoms with Crippen LogP contribution >= 0.6 is 0 Å². The molecule has 1 unspecified atom stereocenters. The highest BCUT2D eigenvalue weighted by Crippen LogP contribution is 2.14. The molecule has 70 valence electrons. The van der Waals surface area contributed by atoms with E-state index in [2.05, 4.69) is 22.1 Å². The Kier molecular flexibility index (Phi) is 3.53. The minimum Gasteiger partial charge on any atom is -0.343 e. The third kappa shape index (κ3) is 1.78. The first-order valence-electron chi connectivity index (χ1n) is 4.86.